The second-order valence-corrected chi connectivity index (χ2v) is 11.3. The third kappa shape index (κ3) is 3.71. The number of nitrogens with zero attached hydrogens (tertiary/aromatic N) is 4. The number of nitriles is 1. The maximum atomic E-state index is 13.2. The quantitative estimate of drug-likeness (QED) is 0.567. The summed E-state index contributed by atoms with van der Waals surface area (Å²) in [7, 11) is -3.83. The molecule has 1 aromatic carbocycles. The van der Waals surface area contributed by atoms with Crippen LogP contribution in [0.3, 0.4) is 0 Å². The first kappa shape index (κ1) is 22.3. The van der Waals surface area contributed by atoms with Crippen molar-refractivity contribution in [3.05, 3.63) is 29.8 Å². The molecule has 1 aliphatic carbocycles. The molecule has 5 rings (SSSR count). The Balaban J connectivity index is 1.25. The van der Waals surface area contributed by atoms with Gasteiger partial charge >= 0.3 is 0 Å². The van der Waals surface area contributed by atoms with Crippen LogP contribution in [0.4, 0.5) is 0 Å². The normalized spacial score (nSPS) is 32.5. The van der Waals surface area contributed by atoms with Gasteiger partial charge in [0.15, 0.2) is 0 Å². The number of fused-ring (bicyclic) bond motifs is 3. The first-order chi connectivity index (χ1) is 15.6. The second-order valence-electron chi connectivity index (χ2n) is 9.69. The predicted molar refractivity (Wildman–Crippen MR) is 118 cm³/mol. The smallest absolute Gasteiger partial charge is 0.242 e. The zero-order valence-corrected chi connectivity index (χ0v) is 19.2. The number of rotatable bonds is 6. The number of piperazine rings is 1. The lowest BCUT2D eigenvalue weighted by Crippen LogP contribution is -2.57. The molecule has 4 fully saturated rings. The van der Waals surface area contributed by atoms with Crippen LogP contribution >= 0.6 is 0 Å². The van der Waals surface area contributed by atoms with Crippen LogP contribution in [0, 0.1) is 17.2 Å². The lowest BCUT2D eigenvalue weighted by Gasteiger charge is -2.38. The lowest BCUT2D eigenvalue weighted by molar-refractivity contribution is -0.141. The van der Waals surface area contributed by atoms with Crippen LogP contribution in [0.1, 0.15) is 37.8 Å². The van der Waals surface area contributed by atoms with E-state index in [1.165, 1.54) is 12.1 Å². The largest absolute Gasteiger partial charge is 0.330 e. The van der Waals surface area contributed by atoms with Crippen molar-refractivity contribution >= 4 is 21.8 Å². The summed E-state index contributed by atoms with van der Waals surface area (Å²) < 4.78 is 23.4. The van der Waals surface area contributed by atoms with Gasteiger partial charge in [0.05, 0.1) is 29.1 Å². The van der Waals surface area contributed by atoms with E-state index < -0.39 is 22.1 Å². The zero-order valence-electron chi connectivity index (χ0n) is 18.4. The van der Waals surface area contributed by atoms with Gasteiger partial charge < -0.3 is 15.5 Å². The number of likely N-dealkylation sites (tertiary alicyclic amines) is 3. The second kappa shape index (κ2) is 7.77. The highest BCUT2D eigenvalue weighted by molar-refractivity contribution is 7.89. The van der Waals surface area contributed by atoms with Crippen LogP contribution in [0.5, 0.6) is 0 Å². The fourth-order valence-electron chi connectivity index (χ4n) is 5.92. The van der Waals surface area contributed by atoms with Crippen molar-refractivity contribution < 1.29 is 18.0 Å². The number of nitrogens with two attached hydrogens (primary N) is 2. The minimum Gasteiger partial charge on any atom is -0.330 e. The van der Waals surface area contributed by atoms with Crippen molar-refractivity contribution in [1.29, 1.82) is 5.26 Å². The molecule has 33 heavy (non-hydrogen) atoms. The molecule has 176 valence electrons. The van der Waals surface area contributed by atoms with E-state index >= 15 is 0 Å². The summed E-state index contributed by atoms with van der Waals surface area (Å²) in [6, 6.07) is 6.86. The van der Waals surface area contributed by atoms with E-state index in [-0.39, 0.29) is 47.4 Å². The van der Waals surface area contributed by atoms with Crippen molar-refractivity contribution in [2.45, 2.75) is 67.3 Å². The van der Waals surface area contributed by atoms with Crippen molar-refractivity contribution in [3.63, 3.8) is 0 Å². The zero-order chi connectivity index (χ0) is 23.7. The Labute approximate surface area is 193 Å². The average molecular weight is 473 g/mol. The maximum Gasteiger partial charge on any atom is 0.242 e. The van der Waals surface area contributed by atoms with E-state index in [1.54, 1.807) is 21.9 Å². The Kier molecular flexibility index (Phi) is 5.25. The minimum atomic E-state index is -3.83. The summed E-state index contributed by atoms with van der Waals surface area (Å²) in [6.07, 6.45) is 2.32. The third-order valence-electron chi connectivity index (χ3n) is 7.66. The summed E-state index contributed by atoms with van der Waals surface area (Å²) in [5.41, 5.74) is 6.96. The Bertz CT molecular complexity index is 1150. The summed E-state index contributed by atoms with van der Waals surface area (Å²) >= 11 is 0. The third-order valence-corrected chi connectivity index (χ3v) is 8.57. The van der Waals surface area contributed by atoms with Gasteiger partial charge in [-0.25, -0.2) is 13.6 Å². The Morgan fingerprint density at radius 2 is 2.06 bits per heavy atom. The van der Waals surface area contributed by atoms with Crippen molar-refractivity contribution in [3.8, 4) is 6.07 Å². The highest BCUT2D eigenvalue weighted by atomic mass is 32.2. The highest BCUT2D eigenvalue weighted by Crippen LogP contribution is 2.48. The fraction of sp³-hybridized carbons (Fsp3) is 0.591. The van der Waals surface area contributed by atoms with E-state index in [1.807, 2.05) is 11.8 Å². The van der Waals surface area contributed by atoms with Crippen LogP contribution in [-0.4, -0.2) is 78.2 Å². The number of piperidine rings is 1. The number of amides is 2. The number of carbonyl (C=O) groups excluding carboxylic acids is 2. The topological polar surface area (TPSA) is 154 Å². The van der Waals surface area contributed by atoms with E-state index in [2.05, 4.69) is 6.07 Å². The molecule has 10 nitrogen and oxygen atoms in total. The van der Waals surface area contributed by atoms with Gasteiger partial charge in [0, 0.05) is 25.2 Å². The maximum absolute atomic E-state index is 13.2. The minimum absolute atomic E-state index is 0.0188. The number of primary sulfonamides is 1. The molecule has 2 bridgehead atoms. The van der Waals surface area contributed by atoms with E-state index in [9.17, 15) is 23.3 Å². The molecule has 2 amide bonds. The molecule has 0 aromatic heterocycles. The monoisotopic (exact) mass is 472 g/mol. The Hall–Kier alpha value is -2.52. The molecule has 3 heterocycles. The molecule has 1 saturated carbocycles. The molecule has 4 aliphatic rings. The first-order valence-electron chi connectivity index (χ1n) is 11.3. The molecule has 1 aromatic rings. The van der Waals surface area contributed by atoms with Gasteiger partial charge in [-0.15, -0.1) is 0 Å². The number of sulfonamides is 1. The van der Waals surface area contributed by atoms with Gasteiger partial charge in [-0.3, -0.25) is 14.5 Å². The molecular formula is C22H28N6O4S. The molecule has 0 spiro atoms. The van der Waals surface area contributed by atoms with Gasteiger partial charge in [0.1, 0.15) is 6.04 Å². The van der Waals surface area contributed by atoms with Crippen LogP contribution in [0.15, 0.2) is 29.2 Å². The molecule has 7 atom stereocenters. The number of hydrogen-bond donors (Lipinski definition) is 2. The first-order valence-corrected chi connectivity index (χ1v) is 12.8. The standard InChI is InChI=1S/C22H28N6O4S/c1-12(13-3-2-4-17(6-13)33(25,31)32)27-16-8-20(22(27)30)26(10-16)11-18(24)21(29)28-15(9-23)5-14-7-19(14)28/h2-4,6,12,14-16,18-20H,5,7-8,10-11,24H2,1H3,(H2,25,31,32)/t12-,14+,15-,16-,18-,19?,20-/m0/s1. The fourth-order valence-corrected chi connectivity index (χ4v) is 6.49. The Morgan fingerprint density at radius 1 is 1.30 bits per heavy atom. The lowest BCUT2D eigenvalue weighted by atomic mass is 10.1. The molecule has 4 N–H and O–H groups in total. The summed E-state index contributed by atoms with van der Waals surface area (Å²) in [4.78, 5) is 31.6. The molecule has 3 saturated heterocycles. The van der Waals surface area contributed by atoms with E-state index in [0.717, 1.165) is 12.8 Å². The van der Waals surface area contributed by atoms with Gasteiger partial charge in [-0.1, -0.05) is 12.1 Å². The average Bonchev–Trinajstić information content (AvgIpc) is 3.11. The van der Waals surface area contributed by atoms with Crippen LogP contribution in [0.25, 0.3) is 0 Å². The van der Waals surface area contributed by atoms with Crippen LogP contribution in [-0.2, 0) is 19.6 Å². The van der Waals surface area contributed by atoms with E-state index in [0.29, 0.717) is 24.4 Å². The molecule has 1 unspecified atom stereocenters. The van der Waals surface area contributed by atoms with Crippen molar-refractivity contribution in [2.75, 3.05) is 13.1 Å². The van der Waals surface area contributed by atoms with Crippen LogP contribution < -0.4 is 10.9 Å². The van der Waals surface area contributed by atoms with Gasteiger partial charge in [-0.2, -0.15) is 5.26 Å². The van der Waals surface area contributed by atoms with Crippen LogP contribution in [0.2, 0.25) is 0 Å². The van der Waals surface area contributed by atoms with Gasteiger partial charge in [0.2, 0.25) is 21.8 Å². The number of carbonyl (C=O) groups is 2. The molecule has 0 radical (unpaired) electrons. The summed E-state index contributed by atoms with van der Waals surface area (Å²) in [5, 5.41) is 14.6. The molecule has 3 aliphatic heterocycles. The highest BCUT2D eigenvalue weighted by Gasteiger charge is 2.56. The predicted octanol–water partition coefficient (Wildman–Crippen LogP) is -0.480. The summed E-state index contributed by atoms with van der Waals surface area (Å²) in [5.74, 6) is 0.183. The van der Waals surface area contributed by atoms with Gasteiger partial charge in [-0.05, 0) is 49.8 Å². The van der Waals surface area contributed by atoms with E-state index in [4.69, 9.17) is 10.9 Å². The number of hydrogen-bond acceptors (Lipinski definition) is 7. The van der Waals surface area contributed by atoms with Crippen molar-refractivity contribution in [2.24, 2.45) is 16.8 Å². The Morgan fingerprint density at radius 3 is 2.73 bits per heavy atom. The number of benzene rings is 1. The van der Waals surface area contributed by atoms with Crippen molar-refractivity contribution in [1.82, 2.24) is 14.7 Å². The molecular weight excluding hydrogens is 444 g/mol. The summed E-state index contributed by atoms with van der Waals surface area (Å²) in [6.45, 7) is 2.76. The molecule has 11 heteroatoms. The SMILES string of the molecule is C[C@@H](c1cccc(S(N)(=O)=O)c1)N1C(=O)[C@@H]2C[C@H]1CN2C[C@H](N)C(=O)N1C2C[C@H]2C[C@H]1C#N. The van der Waals surface area contributed by atoms with Gasteiger partial charge in [0.25, 0.3) is 0 Å².